The number of nitrogens with zero attached hydrogens (tertiary/aromatic N) is 3. The maximum Gasteiger partial charge on any atom is 0.269 e. The second-order valence-corrected chi connectivity index (χ2v) is 5.59. The molecule has 110 valence electrons. The van der Waals surface area contributed by atoms with Gasteiger partial charge >= 0.3 is 0 Å². The molecule has 0 spiro atoms. The van der Waals surface area contributed by atoms with E-state index in [2.05, 4.69) is 26.8 Å². The first-order valence-electron chi connectivity index (χ1n) is 7.44. The number of imidazole rings is 1. The van der Waals surface area contributed by atoms with E-state index in [0.717, 1.165) is 24.7 Å². The average Bonchev–Trinajstić information content (AvgIpc) is 3.27. The number of hydrogen-bond acceptors (Lipinski definition) is 3. The van der Waals surface area contributed by atoms with E-state index < -0.39 is 0 Å². The molecule has 2 aromatic rings. The van der Waals surface area contributed by atoms with Crippen LogP contribution in [0.5, 0.6) is 0 Å². The Bertz CT molecular complexity index is 616. The van der Waals surface area contributed by atoms with E-state index in [-0.39, 0.29) is 5.91 Å². The maximum atomic E-state index is 11.9. The highest BCUT2D eigenvalue weighted by molar-refractivity contribution is 5.92. The van der Waals surface area contributed by atoms with Gasteiger partial charge in [0.25, 0.3) is 5.91 Å². The minimum absolute atomic E-state index is 0.132. The summed E-state index contributed by atoms with van der Waals surface area (Å²) in [7, 11) is 0. The van der Waals surface area contributed by atoms with Gasteiger partial charge in [0.15, 0.2) is 0 Å². The number of rotatable bonds is 6. The Labute approximate surface area is 124 Å². The third-order valence-electron chi connectivity index (χ3n) is 3.81. The molecule has 5 heteroatoms. The summed E-state index contributed by atoms with van der Waals surface area (Å²) in [5.41, 5.74) is 1.66. The van der Waals surface area contributed by atoms with Crippen molar-refractivity contribution in [1.82, 2.24) is 19.9 Å². The molecule has 0 unspecified atom stereocenters. The van der Waals surface area contributed by atoms with E-state index in [1.54, 1.807) is 18.3 Å². The van der Waals surface area contributed by atoms with Crippen LogP contribution < -0.4 is 5.32 Å². The predicted molar refractivity (Wildman–Crippen MR) is 80.0 cm³/mol. The molecule has 2 heterocycles. The van der Waals surface area contributed by atoms with E-state index in [9.17, 15) is 4.79 Å². The predicted octanol–water partition coefficient (Wildman–Crippen LogP) is 1.97. The lowest BCUT2D eigenvalue weighted by molar-refractivity contribution is 0.0949. The molecule has 0 aromatic carbocycles. The molecule has 1 aliphatic carbocycles. The van der Waals surface area contributed by atoms with Crippen LogP contribution in [0.3, 0.4) is 0 Å². The van der Waals surface area contributed by atoms with Crippen molar-refractivity contribution in [2.75, 3.05) is 6.54 Å². The van der Waals surface area contributed by atoms with Gasteiger partial charge in [-0.15, -0.1) is 0 Å². The van der Waals surface area contributed by atoms with Crippen LogP contribution in [0.4, 0.5) is 0 Å². The minimum atomic E-state index is -0.132. The lowest BCUT2D eigenvalue weighted by Gasteiger charge is -2.10. The van der Waals surface area contributed by atoms with E-state index >= 15 is 0 Å². The molecule has 0 bridgehead atoms. The Hall–Kier alpha value is -2.17. The van der Waals surface area contributed by atoms with Gasteiger partial charge in [0, 0.05) is 37.6 Å². The van der Waals surface area contributed by atoms with Crippen molar-refractivity contribution >= 4 is 5.91 Å². The van der Waals surface area contributed by atoms with Gasteiger partial charge in [-0.05, 0) is 37.8 Å². The molecule has 5 nitrogen and oxygen atoms in total. The largest absolute Gasteiger partial charge is 0.350 e. The van der Waals surface area contributed by atoms with Crippen molar-refractivity contribution in [2.24, 2.45) is 5.92 Å². The summed E-state index contributed by atoms with van der Waals surface area (Å²) >= 11 is 0. The molecule has 0 aliphatic heterocycles. The normalized spacial score (nSPS) is 14.1. The lowest BCUT2D eigenvalue weighted by Crippen LogP contribution is -2.27. The number of carbonyl (C=O) groups is 1. The number of amides is 1. The van der Waals surface area contributed by atoms with Crippen LogP contribution in [-0.4, -0.2) is 27.0 Å². The fourth-order valence-corrected chi connectivity index (χ4v) is 2.39. The van der Waals surface area contributed by atoms with Crippen molar-refractivity contribution in [3.8, 4) is 0 Å². The fraction of sp³-hybridized carbons (Fsp3) is 0.438. The smallest absolute Gasteiger partial charge is 0.269 e. The Morgan fingerprint density at radius 2 is 2.24 bits per heavy atom. The van der Waals surface area contributed by atoms with Crippen molar-refractivity contribution in [3.63, 3.8) is 0 Å². The van der Waals surface area contributed by atoms with E-state index in [4.69, 9.17) is 0 Å². The molecule has 2 aromatic heterocycles. The molecular weight excluding hydrogens is 264 g/mol. The molecule has 3 rings (SSSR count). The summed E-state index contributed by atoms with van der Waals surface area (Å²) in [5.74, 6) is 1.74. The first-order valence-corrected chi connectivity index (χ1v) is 7.44. The van der Waals surface area contributed by atoms with Crippen molar-refractivity contribution in [3.05, 3.63) is 47.8 Å². The third kappa shape index (κ3) is 3.48. The zero-order chi connectivity index (χ0) is 14.7. The van der Waals surface area contributed by atoms with Crippen LogP contribution in [0.25, 0.3) is 0 Å². The summed E-state index contributed by atoms with van der Waals surface area (Å²) in [6.45, 7) is 3.73. The molecule has 1 saturated carbocycles. The monoisotopic (exact) mass is 284 g/mol. The summed E-state index contributed by atoms with van der Waals surface area (Å²) in [6, 6.07) is 5.33. The minimum Gasteiger partial charge on any atom is -0.350 e. The Kier molecular flexibility index (Phi) is 3.99. The van der Waals surface area contributed by atoms with Crippen LogP contribution in [0, 0.1) is 12.8 Å². The van der Waals surface area contributed by atoms with E-state index in [0.29, 0.717) is 12.2 Å². The molecule has 1 fully saturated rings. The standard InChI is InChI=1S/C16H20N4O/c1-12-10-19-15(20(12)11-13-5-6-13)7-9-18-16(21)14-4-2-3-8-17-14/h2-4,8,10,13H,5-7,9,11H2,1H3,(H,18,21). The zero-order valence-electron chi connectivity index (χ0n) is 12.2. The second-order valence-electron chi connectivity index (χ2n) is 5.59. The van der Waals surface area contributed by atoms with Gasteiger partial charge < -0.3 is 9.88 Å². The first kappa shape index (κ1) is 13.8. The quantitative estimate of drug-likeness (QED) is 0.882. The molecule has 1 amide bonds. The maximum absolute atomic E-state index is 11.9. The molecule has 1 N–H and O–H groups in total. The number of aryl methyl sites for hydroxylation is 1. The third-order valence-corrected chi connectivity index (χ3v) is 3.81. The van der Waals surface area contributed by atoms with Gasteiger partial charge in [0.1, 0.15) is 11.5 Å². The summed E-state index contributed by atoms with van der Waals surface area (Å²) in [4.78, 5) is 20.4. The van der Waals surface area contributed by atoms with Crippen LogP contribution in [0.15, 0.2) is 30.6 Å². The summed E-state index contributed by atoms with van der Waals surface area (Å²) < 4.78 is 2.28. The molecule has 0 saturated heterocycles. The van der Waals surface area contributed by atoms with Crippen molar-refractivity contribution in [1.29, 1.82) is 0 Å². The van der Waals surface area contributed by atoms with Crippen LogP contribution >= 0.6 is 0 Å². The molecule has 0 atom stereocenters. The van der Waals surface area contributed by atoms with Gasteiger partial charge in [-0.1, -0.05) is 6.07 Å². The Morgan fingerprint density at radius 3 is 2.95 bits per heavy atom. The van der Waals surface area contributed by atoms with Gasteiger partial charge in [-0.2, -0.15) is 0 Å². The van der Waals surface area contributed by atoms with Gasteiger partial charge in [-0.3, -0.25) is 9.78 Å². The molecule has 21 heavy (non-hydrogen) atoms. The first-order chi connectivity index (χ1) is 10.2. The fourth-order valence-electron chi connectivity index (χ4n) is 2.39. The molecule has 1 aliphatic rings. The summed E-state index contributed by atoms with van der Waals surface area (Å²) in [6.07, 6.45) is 6.94. The highest BCUT2D eigenvalue weighted by atomic mass is 16.1. The highest BCUT2D eigenvalue weighted by Crippen LogP contribution is 2.31. The number of pyridine rings is 1. The van der Waals surface area contributed by atoms with Crippen molar-refractivity contribution < 1.29 is 4.79 Å². The average molecular weight is 284 g/mol. The highest BCUT2D eigenvalue weighted by Gasteiger charge is 2.23. The molecule has 0 radical (unpaired) electrons. The number of nitrogens with one attached hydrogen (secondary N) is 1. The van der Waals surface area contributed by atoms with Crippen LogP contribution in [0.2, 0.25) is 0 Å². The number of hydrogen-bond donors (Lipinski definition) is 1. The van der Waals surface area contributed by atoms with Gasteiger partial charge in [0.2, 0.25) is 0 Å². The number of carbonyl (C=O) groups excluding carboxylic acids is 1. The van der Waals surface area contributed by atoms with Crippen LogP contribution in [-0.2, 0) is 13.0 Å². The lowest BCUT2D eigenvalue weighted by atomic mass is 10.3. The Morgan fingerprint density at radius 1 is 1.38 bits per heavy atom. The number of aromatic nitrogens is 3. The Balaban J connectivity index is 1.54. The second kappa shape index (κ2) is 6.08. The SMILES string of the molecule is Cc1cnc(CCNC(=O)c2ccccn2)n1CC1CC1. The van der Waals surface area contributed by atoms with Gasteiger partial charge in [0.05, 0.1) is 0 Å². The van der Waals surface area contributed by atoms with Crippen LogP contribution in [0.1, 0.15) is 34.8 Å². The summed E-state index contributed by atoms with van der Waals surface area (Å²) in [5, 5.41) is 2.90. The van der Waals surface area contributed by atoms with Gasteiger partial charge in [-0.25, -0.2) is 4.98 Å². The molecular formula is C16H20N4O. The topological polar surface area (TPSA) is 59.8 Å². The van der Waals surface area contributed by atoms with Crippen molar-refractivity contribution in [2.45, 2.75) is 32.7 Å². The zero-order valence-corrected chi connectivity index (χ0v) is 12.2. The van der Waals surface area contributed by atoms with E-state index in [1.165, 1.54) is 18.5 Å². The van der Waals surface area contributed by atoms with E-state index in [1.807, 2.05) is 12.3 Å².